The van der Waals surface area contributed by atoms with Crippen molar-refractivity contribution < 1.29 is 18.0 Å². The van der Waals surface area contributed by atoms with Crippen LogP contribution in [0.15, 0.2) is 36.5 Å². The second kappa shape index (κ2) is 4.87. The van der Waals surface area contributed by atoms with Crippen molar-refractivity contribution in [2.75, 3.05) is 5.32 Å². The number of hydrogen-bond donors (Lipinski definition) is 1. The zero-order valence-corrected chi connectivity index (χ0v) is 8.95. The second-order valence-corrected chi connectivity index (χ2v) is 3.42. The van der Waals surface area contributed by atoms with Crippen LogP contribution in [0, 0.1) is 17.5 Å². The van der Waals surface area contributed by atoms with Gasteiger partial charge in [-0.1, -0.05) is 6.07 Å². The van der Waals surface area contributed by atoms with Gasteiger partial charge in [0, 0.05) is 11.8 Å². The Kier molecular flexibility index (Phi) is 3.27. The van der Waals surface area contributed by atoms with Crippen LogP contribution >= 0.6 is 0 Å². The van der Waals surface area contributed by atoms with Crippen molar-refractivity contribution >= 4 is 11.7 Å². The van der Waals surface area contributed by atoms with E-state index in [1.165, 1.54) is 12.3 Å². The van der Waals surface area contributed by atoms with Gasteiger partial charge in [-0.15, -0.1) is 0 Å². The molecule has 0 bridgehead atoms. The lowest BCUT2D eigenvalue weighted by Gasteiger charge is -2.05. The Bertz CT molecular complexity index is 564. The monoisotopic (exact) mass is 252 g/mol. The minimum absolute atomic E-state index is 0.229. The van der Waals surface area contributed by atoms with Gasteiger partial charge in [0.05, 0.1) is 0 Å². The van der Waals surface area contributed by atoms with Crippen molar-refractivity contribution in [3.8, 4) is 0 Å². The van der Waals surface area contributed by atoms with Gasteiger partial charge < -0.3 is 5.32 Å². The van der Waals surface area contributed by atoms with Crippen LogP contribution < -0.4 is 5.32 Å². The molecular formula is C12H7F3N2O. The number of aromatic nitrogens is 1. The standard InChI is InChI=1S/C12H7F3N2O/c13-8-5-7(6-9(14)11(8)15)12(18)17-10-3-1-2-4-16-10/h1-6H,(H,16,17,18). The molecule has 92 valence electrons. The summed E-state index contributed by atoms with van der Waals surface area (Å²) in [6, 6.07) is 6.03. The van der Waals surface area contributed by atoms with Gasteiger partial charge in [-0.05, 0) is 24.3 Å². The fraction of sp³-hybridized carbons (Fsp3) is 0. The summed E-state index contributed by atoms with van der Waals surface area (Å²) in [5.41, 5.74) is -0.322. The van der Waals surface area contributed by atoms with Gasteiger partial charge in [0.15, 0.2) is 17.5 Å². The van der Waals surface area contributed by atoms with Gasteiger partial charge in [-0.2, -0.15) is 0 Å². The van der Waals surface area contributed by atoms with Crippen molar-refractivity contribution in [3.05, 3.63) is 59.5 Å². The molecule has 2 aromatic rings. The minimum Gasteiger partial charge on any atom is -0.307 e. The molecule has 0 atom stereocenters. The molecule has 0 saturated carbocycles. The SMILES string of the molecule is O=C(Nc1ccccn1)c1cc(F)c(F)c(F)c1. The summed E-state index contributed by atoms with van der Waals surface area (Å²) in [7, 11) is 0. The van der Waals surface area contributed by atoms with Crippen LogP contribution in [0.1, 0.15) is 10.4 Å². The second-order valence-electron chi connectivity index (χ2n) is 3.42. The number of benzene rings is 1. The van der Waals surface area contributed by atoms with Crippen molar-refractivity contribution in [2.24, 2.45) is 0 Å². The third-order valence-corrected chi connectivity index (χ3v) is 2.15. The molecule has 0 unspecified atom stereocenters. The van der Waals surface area contributed by atoms with Crippen LogP contribution in [0.5, 0.6) is 0 Å². The highest BCUT2D eigenvalue weighted by atomic mass is 19.2. The number of nitrogens with zero attached hydrogens (tertiary/aromatic N) is 1. The molecule has 0 spiro atoms. The summed E-state index contributed by atoms with van der Waals surface area (Å²) in [5, 5.41) is 2.33. The van der Waals surface area contributed by atoms with Crippen LogP contribution in [-0.4, -0.2) is 10.9 Å². The molecule has 6 heteroatoms. The Morgan fingerprint density at radius 2 is 1.78 bits per heavy atom. The van der Waals surface area contributed by atoms with E-state index >= 15 is 0 Å². The van der Waals surface area contributed by atoms with Gasteiger partial charge in [0.2, 0.25) is 0 Å². The molecule has 0 fully saturated rings. The number of carbonyl (C=O) groups is 1. The molecular weight excluding hydrogens is 245 g/mol. The molecule has 0 radical (unpaired) electrons. The zero-order valence-electron chi connectivity index (χ0n) is 8.95. The van der Waals surface area contributed by atoms with Gasteiger partial charge in [0.25, 0.3) is 5.91 Å². The molecule has 3 nitrogen and oxygen atoms in total. The lowest BCUT2D eigenvalue weighted by Crippen LogP contribution is -2.14. The number of rotatable bonds is 2. The van der Waals surface area contributed by atoms with E-state index in [0.717, 1.165) is 0 Å². The smallest absolute Gasteiger partial charge is 0.257 e. The maximum Gasteiger partial charge on any atom is 0.257 e. The van der Waals surface area contributed by atoms with Gasteiger partial charge in [-0.25, -0.2) is 18.2 Å². The first-order chi connectivity index (χ1) is 8.58. The average Bonchev–Trinajstić information content (AvgIpc) is 2.36. The van der Waals surface area contributed by atoms with E-state index < -0.39 is 23.4 Å². The van der Waals surface area contributed by atoms with E-state index in [0.29, 0.717) is 12.1 Å². The van der Waals surface area contributed by atoms with E-state index in [-0.39, 0.29) is 11.4 Å². The summed E-state index contributed by atoms with van der Waals surface area (Å²) in [6.07, 6.45) is 1.45. The van der Waals surface area contributed by atoms with Crippen LogP contribution in [-0.2, 0) is 0 Å². The highest BCUT2D eigenvalue weighted by Gasteiger charge is 2.15. The fourth-order valence-electron chi connectivity index (χ4n) is 1.31. The number of pyridine rings is 1. The van der Waals surface area contributed by atoms with Crippen molar-refractivity contribution in [3.63, 3.8) is 0 Å². The third kappa shape index (κ3) is 2.48. The fourth-order valence-corrected chi connectivity index (χ4v) is 1.31. The summed E-state index contributed by atoms with van der Waals surface area (Å²) in [5.74, 6) is -4.98. The number of nitrogens with one attached hydrogen (secondary N) is 1. The highest BCUT2D eigenvalue weighted by molar-refractivity contribution is 6.03. The molecule has 0 aliphatic carbocycles. The van der Waals surface area contributed by atoms with Crippen molar-refractivity contribution in [1.29, 1.82) is 0 Å². The van der Waals surface area contributed by atoms with Gasteiger partial charge >= 0.3 is 0 Å². The zero-order chi connectivity index (χ0) is 13.1. The topological polar surface area (TPSA) is 42.0 Å². The maximum absolute atomic E-state index is 12.9. The van der Waals surface area contributed by atoms with Crippen molar-refractivity contribution in [1.82, 2.24) is 4.98 Å². The molecule has 1 aromatic carbocycles. The molecule has 1 aromatic heterocycles. The summed E-state index contributed by atoms with van der Waals surface area (Å²) < 4.78 is 38.6. The predicted molar refractivity (Wildman–Crippen MR) is 58.5 cm³/mol. The summed E-state index contributed by atoms with van der Waals surface area (Å²) in [6.45, 7) is 0. The van der Waals surface area contributed by atoms with E-state index in [2.05, 4.69) is 10.3 Å². The van der Waals surface area contributed by atoms with Gasteiger partial charge in [-0.3, -0.25) is 4.79 Å². The quantitative estimate of drug-likeness (QED) is 0.835. The van der Waals surface area contributed by atoms with E-state index in [9.17, 15) is 18.0 Å². The first-order valence-corrected chi connectivity index (χ1v) is 4.95. The molecule has 1 amide bonds. The maximum atomic E-state index is 12.9. The van der Waals surface area contributed by atoms with Crippen LogP contribution in [0.2, 0.25) is 0 Å². The van der Waals surface area contributed by atoms with Crippen LogP contribution in [0.4, 0.5) is 19.0 Å². The summed E-state index contributed by atoms with van der Waals surface area (Å²) in [4.78, 5) is 15.4. The Hall–Kier alpha value is -2.37. The Balaban J connectivity index is 2.25. The minimum atomic E-state index is -1.61. The molecule has 18 heavy (non-hydrogen) atoms. The average molecular weight is 252 g/mol. The molecule has 0 aliphatic heterocycles. The first-order valence-electron chi connectivity index (χ1n) is 4.95. The predicted octanol–water partition coefficient (Wildman–Crippen LogP) is 2.75. The molecule has 1 N–H and O–H groups in total. The van der Waals surface area contributed by atoms with Gasteiger partial charge in [0.1, 0.15) is 5.82 Å². The largest absolute Gasteiger partial charge is 0.307 e. The normalized spacial score (nSPS) is 10.2. The van der Waals surface area contributed by atoms with E-state index in [4.69, 9.17) is 0 Å². The molecule has 1 heterocycles. The number of halogens is 3. The molecule has 0 saturated heterocycles. The summed E-state index contributed by atoms with van der Waals surface area (Å²) >= 11 is 0. The molecule has 2 rings (SSSR count). The number of amides is 1. The van der Waals surface area contributed by atoms with E-state index in [1.54, 1.807) is 12.1 Å². The number of hydrogen-bond acceptors (Lipinski definition) is 2. The number of anilines is 1. The third-order valence-electron chi connectivity index (χ3n) is 2.15. The number of carbonyl (C=O) groups excluding carboxylic acids is 1. The lowest BCUT2D eigenvalue weighted by molar-refractivity contribution is 0.102. The Morgan fingerprint density at radius 3 is 2.33 bits per heavy atom. The Labute approximate surface area is 100 Å². The van der Waals surface area contributed by atoms with Crippen LogP contribution in [0.25, 0.3) is 0 Å². The highest BCUT2D eigenvalue weighted by Crippen LogP contribution is 2.14. The van der Waals surface area contributed by atoms with Crippen molar-refractivity contribution in [2.45, 2.75) is 0 Å². The lowest BCUT2D eigenvalue weighted by atomic mass is 10.2. The van der Waals surface area contributed by atoms with E-state index in [1.807, 2.05) is 0 Å². The Morgan fingerprint density at radius 1 is 1.11 bits per heavy atom. The van der Waals surface area contributed by atoms with Crippen LogP contribution in [0.3, 0.4) is 0 Å². The molecule has 0 aliphatic rings. The first kappa shape index (κ1) is 12.1.